The summed E-state index contributed by atoms with van der Waals surface area (Å²) < 4.78 is 10.0. The van der Waals surface area contributed by atoms with Crippen LogP contribution in [0.2, 0.25) is 0 Å². The number of hydrogen-bond donors (Lipinski definition) is 2. The van der Waals surface area contributed by atoms with Gasteiger partial charge in [-0.15, -0.1) is 0 Å². The van der Waals surface area contributed by atoms with Crippen LogP contribution in [0.3, 0.4) is 0 Å². The molecule has 0 aromatic heterocycles. The van der Waals surface area contributed by atoms with Gasteiger partial charge >= 0.3 is 5.97 Å². The van der Waals surface area contributed by atoms with Crippen LogP contribution in [-0.4, -0.2) is 44.8 Å². The van der Waals surface area contributed by atoms with E-state index in [0.717, 1.165) is 6.54 Å². The summed E-state index contributed by atoms with van der Waals surface area (Å²) in [6.07, 6.45) is 0. The zero-order valence-electron chi connectivity index (χ0n) is 12.2. The van der Waals surface area contributed by atoms with Gasteiger partial charge in [0.1, 0.15) is 0 Å². The highest BCUT2D eigenvalue weighted by Gasteiger charge is 2.33. The van der Waals surface area contributed by atoms with E-state index in [1.54, 1.807) is 24.3 Å². The van der Waals surface area contributed by atoms with Gasteiger partial charge in [0.2, 0.25) is 5.91 Å². The Hall–Kier alpha value is -1.92. The number of ether oxygens (including phenoxy) is 2. The Morgan fingerprint density at radius 3 is 2.90 bits per heavy atom. The van der Waals surface area contributed by atoms with Gasteiger partial charge in [0.25, 0.3) is 0 Å². The molecule has 2 atom stereocenters. The molecular weight excluding hydrogens is 272 g/mol. The van der Waals surface area contributed by atoms with E-state index in [0.29, 0.717) is 24.5 Å². The van der Waals surface area contributed by atoms with Gasteiger partial charge in [-0.3, -0.25) is 4.79 Å². The Kier molecular flexibility index (Phi) is 5.30. The fourth-order valence-corrected chi connectivity index (χ4v) is 2.35. The van der Waals surface area contributed by atoms with Crippen LogP contribution in [0.25, 0.3) is 0 Å². The Morgan fingerprint density at radius 2 is 2.19 bits per heavy atom. The van der Waals surface area contributed by atoms with Crippen LogP contribution in [0.1, 0.15) is 17.3 Å². The fourth-order valence-electron chi connectivity index (χ4n) is 2.35. The number of hydrogen-bond acceptors (Lipinski definition) is 5. The van der Waals surface area contributed by atoms with Crippen molar-refractivity contribution in [2.75, 3.05) is 32.2 Å². The number of benzene rings is 1. The van der Waals surface area contributed by atoms with Crippen LogP contribution >= 0.6 is 0 Å². The smallest absolute Gasteiger partial charge is 0.337 e. The molecule has 1 saturated heterocycles. The molecule has 1 amide bonds. The number of carbonyl (C=O) groups is 2. The molecule has 0 saturated carbocycles. The minimum absolute atomic E-state index is 0.0267. The minimum Gasteiger partial charge on any atom is -0.465 e. The number of likely N-dealkylation sites (N-methyl/N-ethyl adjacent to an activating group) is 1. The van der Waals surface area contributed by atoms with Crippen LogP contribution in [0.15, 0.2) is 24.3 Å². The Labute approximate surface area is 123 Å². The summed E-state index contributed by atoms with van der Waals surface area (Å²) in [5.41, 5.74) is 0.978. The number of amides is 1. The molecule has 1 aromatic rings. The van der Waals surface area contributed by atoms with Crippen LogP contribution in [-0.2, 0) is 14.3 Å². The molecule has 6 heteroatoms. The van der Waals surface area contributed by atoms with Gasteiger partial charge in [-0.2, -0.15) is 0 Å². The molecule has 114 valence electrons. The Morgan fingerprint density at radius 1 is 1.38 bits per heavy atom. The third-order valence-electron chi connectivity index (χ3n) is 3.43. The highest BCUT2D eigenvalue weighted by Crippen LogP contribution is 2.18. The van der Waals surface area contributed by atoms with Gasteiger partial charge in [-0.1, -0.05) is 13.0 Å². The fraction of sp³-hybridized carbons (Fsp3) is 0.467. The first-order valence-electron chi connectivity index (χ1n) is 6.96. The van der Waals surface area contributed by atoms with Crippen LogP contribution in [0.5, 0.6) is 0 Å². The van der Waals surface area contributed by atoms with Crippen molar-refractivity contribution in [3.63, 3.8) is 0 Å². The molecule has 1 heterocycles. The van der Waals surface area contributed by atoms with E-state index in [-0.39, 0.29) is 17.9 Å². The zero-order chi connectivity index (χ0) is 15.2. The van der Waals surface area contributed by atoms with E-state index in [1.165, 1.54) is 7.11 Å². The predicted molar refractivity (Wildman–Crippen MR) is 78.2 cm³/mol. The lowest BCUT2D eigenvalue weighted by atomic mass is 10.0. The van der Waals surface area contributed by atoms with Gasteiger partial charge in [-0.05, 0) is 24.7 Å². The van der Waals surface area contributed by atoms with E-state index < -0.39 is 5.97 Å². The highest BCUT2D eigenvalue weighted by molar-refractivity contribution is 5.96. The first kappa shape index (κ1) is 15.5. The van der Waals surface area contributed by atoms with Gasteiger partial charge in [-0.25, -0.2) is 4.79 Å². The second kappa shape index (κ2) is 7.19. The summed E-state index contributed by atoms with van der Waals surface area (Å²) in [5, 5.41) is 6.06. The summed E-state index contributed by atoms with van der Waals surface area (Å²) in [6.45, 7) is 3.72. The second-order valence-corrected chi connectivity index (χ2v) is 4.87. The van der Waals surface area contributed by atoms with E-state index in [1.807, 2.05) is 6.92 Å². The summed E-state index contributed by atoms with van der Waals surface area (Å²) in [7, 11) is 1.32. The molecule has 0 aliphatic carbocycles. The summed E-state index contributed by atoms with van der Waals surface area (Å²) in [5.74, 6) is -0.770. The maximum atomic E-state index is 12.3. The van der Waals surface area contributed by atoms with Crippen molar-refractivity contribution in [3.8, 4) is 0 Å². The van der Waals surface area contributed by atoms with Crippen molar-refractivity contribution in [3.05, 3.63) is 29.8 Å². The van der Waals surface area contributed by atoms with Crippen molar-refractivity contribution < 1.29 is 19.1 Å². The monoisotopic (exact) mass is 292 g/mol. The molecule has 2 rings (SSSR count). The molecule has 0 spiro atoms. The minimum atomic E-state index is -0.430. The molecule has 0 bridgehead atoms. The number of esters is 1. The first-order chi connectivity index (χ1) is 10.2. The number of anilines is 1. The number of nitrogens with one attached hydrogen (secondary N) is 2. The van der Waals surface area contributed by atoms with Crippen molar-refractivity contribution in [1.29, 1.82) is 0 Å². The molecule has 2 unspecified atom stereocenters. The molecule has 1 aromatic carbocycles. The standard InChI is InChI=1S/C15H20N2O4/c1-3-16-13-9-21-8-12(13)14(18)17-11-6-4-5-10(7-11)15(19)20-2/h4-7,12-13,16H,3,8-9H2,1-2H3,(H,17,18). The van der Waals surface area contributed by atoms with Crippen LogP contribution in [0, 0.1) is 5.92 Å². The van der Waals surface area contributed by atoms with Crippen molar-refractivity contribution >= 4 is 17.6 Å². The quantitative estimate of drug-likeness (QED) is 0.793. The van der Waals surface area contributed by atoms with Gasteiger partial charge in [0.15, 0.2) is 0 Å². The van der Waals surface area contributed by atoms with Gasteiger partial charge < -0.3 is 20.1 Å². The average Bonchev–Trinajstić information content (AvgIpc) is 2.95. The second-order valence-electron chi connectivity index (χ2n) is 4.87. The van der Waals surface area contributed by atoms with E-state index in [9.17, 15) is 9.59 Å². The third-order valence-corrected chi connectivity index (χ3v) is 3.43. The number of rotatable bonds is 5. The molecular formula is C15H20N2O4. The molecule has 0 radical (unpaired) electrons. The Bertz CT molecular complexity index is 518. The predicted octanol–water partition coefficient (Wildman–Crippen LogP) is 1.04. The lowest BCUT2D eigenvalue weighted by molar-refractivity contribution is -0.120. The largest absolute Gasteiger partial charge is 0.465 e. The lowest BCUT2D eigenvalue weighted by Gasteiger charge is -2.18. The van der Waals surface area contributed by atoms with Gasteiger partial charge in [0, 0.05) is 11.7 Å². The zero-order valence-corrected chi connectivity index (χ0v) is 12.2. The van der Waals surface area contributed by atoms with Crippen molar-refractivity contribution in [1.82, 2.24) is 5.32 Å². The Balaban J connectivity index is 2.04. The third kappa shape index (κ3) is 3.80. The van der Waals surface area contributed by atoms with Crippen molar-refractivity contribution in [2.45, 2.75) is 13.0 Å². The summed E-state index contributed by atoms with van der Waals surface area (Å²) >= 11 is 0. The molecule has 6 nitrogen and oxygen atoms in total. The van der Waals surface area contributed by atoms with Crippen LogP contribution in [0.4, 0.5) is 5.69 Å². The average molecular weight is 292 g/mol. The SMILES string of the molecule is CCNC1COCC1C(=O)Nc1cccc(C(=O)OC)c1. The van der Waals surface area contributed by atoms with E-state index in [4.69, 9.17) is 4.74 Å². The van der Waals surface area contributed by atoms with Crippen molar-refractivity contribution in [2.24, 2.45) is 5.92 Å². The maximum Gasteiger partial charge on any atom is 0.337 e. The normalized spacial score (nSPS) is 21.0. The van der Waals surface area contributed by atoms with E-state index >= 15 is 0 Å². The summed E-state index contributed by atoms with van der Waals surface area (Å²) in [4.78, 5) is 23.8. The topological polar surface area (TPSA) is 76.7 Å². The molecule has 1 aliphatic heterocycles. The molecule has 1 aliphatic rings. The highest BCUT2D eigenvalue weighted by atomic mass is 16.5. The van der Waals surface area contributed by atoms with Crippen LogP contribution < -0.4 is 10.6 Å². The molecule has 1 fully saturated rings. The maximum absolute atomic E-state index is 12.3. The van der Waals surface area contributed by atoms with E-state index in [2.05, 4.69) is 15.4 Å². The number of methoxy groups -OCH3 is 1. The summed E-state index contributed by atoms with van der Waals surface area (Å²) in [6, 6.07) is 6.71. The van der Waals surface area contributed by atoms with Gasteiger partial charge in [0.05, 0.1) is 31.8 Å². The lowest BCUT2D eigenvalue weighted by Crippen LogP contribution is -2.41. The molecule has 21 heavy (non-hydrogen) atoms. The number of carbonyl (C=O) groups excluding carboxylic acids is 2. The molecule has 2 N–H and O–H groups in total. The first-order valence-corrected chi connectivity index (χ1v) is 6.96.